The minimum absolute atomic E-state index is 0.0211. The second-order valence-electron chi connectivity index (χ2n) is 6.12. The number of benzene rings is 1. The smallest absolute Gasteiger partial charge is 0.406 e. The summed E-state index contributed by atoms with van der Waals surface area (Å²) in [5.41, 5.74) is 3.79. The van der Waals surface area contributed by atoms with Gasteiger partial charge in [-0.3, -0.25) is 4.79 Å². The van der Waals surface area contributed by atoms with Gasteiger partial charge < -0.3 is 20.2 Å². The first kappa shape index (κ1) is 16.9. The molecule has 7 nitrogen and oxygen atoms in total. The molecule has 1 aromatic carbocycles. The van der Waals surface area contributed by atoms with Crippen molar-refractivity contribution in [3.05, 3.63) is 57.3 Å². The monoisotopic (exact) mass is 341 g/mol. The number of ether oxygens (including phenoxy) is 1. The highest BCUT2D eigenvalue weighted by Gasteiger charge is 2.23. The van der Waals surface area contributed by atoms with E-state index in [2.05, 4.69) is 10.3 Å². The largest absolute Gasteiger partial charge is 0.473 e. The molecule has 2 aromatic rings. The lowest BCUT2D eigenvalue weighted by Gasteiger charge is -2.15. The van der Waals surface area contributed by atoms with Crippen LogP contribution in [0, 0.1) is 17.0 Å². The summed E-state index contributed by atoms with van der Waals surface area (Å²) in [5, 5.41) is 13.9. The topological polar surface area (TPSA) is 94.4 Å². The first-order valence-electron chi connectivity index (χ1n) is 8.15. The Labute approximate surface area is 145 Å². The third-order valence-electron chi connectivity index (χ3n) is 4.19. The molecule has 1 aliphatic rings. The van der Waals surface area contributed by atoms with Crippen LogP contribution in [0.25, 0.3) is 0 Å². The molecule has 1 aromatic heterocycles. The molecule has 1 heterocycles. The zero-order chi connectivity index (χ0) is 18.0. The summed E-state index contributed by atoms with van der Waals surface area (Å²) in [6.07, 6.45) is 2.34. The molecule has 130 valence electrons. The van der Waals surface area contributed by atoms with Crippen molar-refractivity contribution in [1.82, 2.24) is 4.98 Å². The maximum absolute atomic E-state index is 12.3. The Morgan fingerprint density at radius 3 is 2.80 bits per heavy atom. The van der Waals surface area contributed by atoms with Gasteiger partial charge in [-0.2, -0.15) is 0 Å². The molecule has 0 radical (unpaired) electrons. The fourth-order valence-electron chi connectivity index (χ4n) is 2.89. The van der Waals surface area contributed by atoms with Gasteiger partial charge in [-0.1, -0.05) is 6.07 Å². The summed E-state index contributed by atoms with van der Waals surface area (Å²) < 4.78 is 5.47. The fourth-order valence-corrected chi connectivity index (χ4v) is 2.89. The highest BCUT2D eigenvalue weighted by atomic mass is 16.6. The van der Waals surface area contributed by atoms with Crippen molar-refractivity contribution in [2.75, 3.05) is 5.32 Å². The molecule has 0 aliphatic heterocycles. The second-order valence-corrected chi connectivity index (χ2v) is 6.12. The van der Waals surface area contributed by atoms with Gasteiger partial charge in [0.1, 0.15) is 5.69 Å². The number of hydrogen-bond acceptors (Lipinski definition) is 5. The molecule has 25 heavy (non-hydrogen) atoms. The molecule has 0 saturated heterocycles. The van der Waals surface area contributed by atoms with Crippen LogP contribution >= 0.6 is 0 Å². The number of rotatable bonds is 5. The van der Waals surface area contributed by atoms with Gasteiger partial charge in [0.2, 0.25) is 5.75 Å². The Kier molecular flexibility index (Phi) is 4.65. The van der Waals surface area contributed by atoms with E-state index in [0.29, 0.717) is 11.4 Å². The lowest BCUT2D eigenvalue weighted by molar-refractivity contribution is -0.390. The van der Waals surface area contributed by atoms with Gasteiger partial charge in [0, 0.05) is 12.6 Å². The Morgan fingerprint density at radius 1 is 1.28 bits per heavy atom. The summed E-state index contributed by atoms with van der Waals surface area (Å²) >= 11 is 0. The van der Waals surface area contributed by atoms with Crippen LogP contribution in [0.5, 0.6) is 5.75 Å². The van der Waals surface area contributed by atoms with Crippen molar-refractivity contribution in [2.45, 2.75) is 39.2 Å². The average Bonchev–Trinajstić information content (AvgIpc) is 3.03. The van der Waals surface area contributed by atoms with Crippen LogP contribution in [0.1, 0.15) is 30.2 Å². The van der Waals surface area contributed by atoms with Gasteiger partial charge in [-0.05, 0) is 71.5 Å². The third-order valence-corrected chi connectivity index (χ3v) is 4.19. The summed E-state index contributed by atoms with van der Waals surface area (Å²) in [6.45, 7) is 3.20. The predicted octanol–water partition coefficient (Wildman–Crippen LogP) is 3.19. The molecular weight excluding hydrogens is 322 g/mol. The number of aromatic nitrogens is 1. The van der Waals surface area contributed by atoms with Gasteiger partial charge in [-0.15, -0.1) is 0 Å². The highest BCUT2D eigenvalue weighted by Crippen LogP contribution is 2.27. The van der Waals surface area contributed by atoms with E-state index in [9.17, 15) is 14.9 Å². The van der Waals surface area contributed by atoms with Crippen LogP contribution < -0.4 is 10.1 Å². The van der Waals surface area contributed by atoms with Crippen LogP contribution in [0.3, 0.4) is 0 Å². The van der Waals surface area contributed by atoms with Gasteiger partial charge in [0.25, 0.3) is 5.91 Å². The Morgan fingerprint density at radius 2 is 2.04 bits per heavy atom. The minimum Gasteiger partial charge on any atom is -0.473 e. The molecule has 0 bridgehead atoms. The third kappa shape index (κ3) is 3.76. The van der Waals surface area contributed by atoms with Crippen molar-refractivity contribution in [3.8, 4) is 5.75 Å². The van der Waals surface area contributed by atoms with E-state index in [1.807, 2.05) is 18.2 Å². The molecule has 1 atom stereocenters. The number of anilines is 1. The number of fused-ring (bicyclic) bond motifs is 1. The Hall–Kier alpha value is -2.96. The van der Waals surface area contributed by atoms with E-state index < -0.39 is 16.8 Å². The molecule has 7 heteroatoms. The Balaban J connectivity index is 1.70. The van der Waals surface area contributed by atoms with E-state index in [1.165, 1.54) is 17.2 Å². The molecule has 1 amide bonds. The van der Waals surface area contributed by atoms with Gasteiger partial charge in [0.15, 0.2) is 6.10 Å². The van der Waals surface area contributed by atoms with Crippen molar-refractivity contribution in [1.29, 1.82) is 0 Å². The van der Waals surface area contributed by atoms with E-state index in [0.717, 1.165) is 19.3 Å². The van der Waals surface area contributed by atoms with Crippen LogP contribution in [-0.2, 0) is 17.6 Å². The molecule has 3 rings (SSSR count). The van der Waals surface area contributed by atoms with Crippen LogP contribution in [0.4, 0.5) is 11.5 Å². The summed E-state index contributed by atoms with van der Waals surface area (Å²) in [4.78, 5) is 26.7. The number of nitrogens with zero attached hydrogens (tertiary/aromatic N) is 2. The van der Waals surface area contributed by atoms with Crippen molar-refractivity contribution < 1.29 is 14.5 Å². The number of aryl methyl sites for hydroxylation is 3. The van der Waals surface area contributed by atoms with E-state index in [-0.39, 0.29) is 11.7 Å². The molecule has 1 N–H and O–H groups in total. The molecule has 0 unspecified atom stereocenters. The van der Waals surface area contributed by atoms with Gasteiger partial charge in [0.05, 0.1) is 0 Å². The van der Waals surface area contributed by atoms with Crippen molar-refractivity contribution in [3.63, 3.8) is 0 Å². The summed E-state index contributed by atoms with van der Waals surface area (Å²) in [5.74, 6) is -0.780. The zero-order valence-electron chi connectivity index (χ0n) is 14.1. The number of nitrogens with one attached hydrogen (secondary N) is 1. The van der Waals surface area contributed by atoms with Crippen molar-refractivity contribution >= 4 is 17.4 Å². The molecular formula is C18H19N3O4. The normalized spacial score (nSPS) is 13.8. The van der Waals surface area contributed by atoms with Crippen molar-refractivity contribution in [2.24, 2.45) is 0 Å². The Bertz CT molecular complexity index is 835. The molecule has 0 saturated carbocycles. The van der Waals surface area contributed by atoms with Crippen LogP contribution in [0.15, 0.2) is 30.3 Å². The predicted molar refractivity (Wildman–Crippen MR) is 92.8 cm³/mol. The van der Waals surface area contributed by atoms with Crippen LogP contribution in [-0.4, -0.2) is 21.9 Å². The summed E-state index contributed by atoms with van der Waals surface area (Å²) in [7, 11) is 0. The lowest BCUT2D eigenvalue weighted by atomic mass is 10.1. The number of nitro groups is 1. The lowest BCUT2D eigenvalue weighted by Crippen LogP contribution is -2.30. The quantitative estimate of drug-likeness (QED) is 0.666. The standard InChI is InChI=1S/C18H19N3O4/c1-11-6-9-16(17(19-11)21(23)24)25-12(2)18(22)20-15-8-7-13-4-3-5-14(13)10-15/h6-10,12H,3-5H2,1-2H3,(H,20,22)/t12-/m1/s1. The average molecular weight is 341 g/mol. The minimum atomic E-state index is -0.892. The van der Waals surface area contributed by atoms with Crippen LogP contribution in [0.2, 0.25) is 0 Å². The van der Waals surface area contributed by atoms with E-state index >= 15 is 0 Å². The molecule has 1 aliphatic carbocycles. The number of carbonyl (C=O) groups excluding carboxylic acids is 1. The molecule has 0 fully saturated rings. The zero-order valence-corrected chi connectivity index (χ0v) is 14.1. The number of amides is 1. The molecule has 0 spiro atoms. The summed E-state index contributed by atoms with van der Waals surface area (Å²) in [6, 6.07) is 8.93. The van der Waals surface area contributed by atoms with E-state index in [1.54, 1.807) is 19.9 Å². The highest BCUT2D eigenvalue weighted by molar-refractivity contribution is 5.94. The number of carbonyl (C=O) groups is 1. The number of pyridine rings is 1. The van der Waals surface area contributed by atoms with Gasteiger partial charge >= 0.3 is 5.82 Å². The number of hydrogen-bond donors (Lipinski definition) is 1. The maximum atomic E-state index is 12.3. The van der Waals surface area contributed by atoms with Gasteiger partial charge in [-0.25, -0.2) is 0 Å². The maximum Gasteiger partial charge on any atom is 0.406 e. The first-order valence-corrected chi connectivity index (χ1v) is 8.15. The first-order chi connectivity index (χ1) is 11.9. The fraction of sp³-hybridized carbons (Fsp3) is 0.333. The van der Waals surface area contributed by atoms with E-state index in [4.69, 9.17) is 4.74 Å². The SMILES string of the molecule is Cc1ccc(O[C@H](C)C(=O)Nc2ccc3c(c2)CCC3)c([N+](=O)[O-])n1. The second kappa shape index (κ2) is 6.88.